The number of nitrogens with zero attached hydrogens (tertiary/aromatic N) is 4. The SMILES string of the molecule is CP(C)(=O)c1cccc(Cn2cc(F)c3cnc(Cl)nc32)n1. The van der Waals surface area contributed by atoms with Gasteiger partial charge in [-0.25, -0.2) is 14.4 Å². The van der Waals surface area contributed by atoms with E-state index in [9.17, 15) is 8.96 Å². The summed E-state index contributed by atoms with van der Waals surface area (Å²) in [6.07, 6.45) is 2.69. The smallest absolute Gasteiger partial charge is 0.224 e. The average molecular weight is 339 g/mol. The van der Waals surface area contributed by atoms with Gasteiger partial charge in [-0.05, 0) is 37.1 Å². The summed E-state index contributed by atoms with van der Waals surface area (Å²) in [4.78, 5) is 12.2. The van der Waals surface area contributed by atoms with E-state index in [2.05, 4.69) is 15.0 Å². The number of pyridine rings is 1. The van der Waals surface area contributed by atoms with Crippen molar-refractivity contribution in [2.75, 3.05) is 13.3 Å². The van der Waals surface area contributed by atoms with Crippen molar-refractivity contribution in [3.05, 3.63) is 47.4 Å². The highest BCUT2D eigenvalue weighted by Gasteiger charge is 2.15. The Hall–Kier alpha value is -1.78. The molecule has 0 N–H and O–H groups in total. The molecule has 0 bridgehead atoms. The van der Waals surface area contributed by atoms with Gasteiger partial charge in [0.25, 0.3) is 0 Å². The first-order valence-electron chi connectivity index (χ1n) is 6.53. The van der Waals surface area contributed by atoms with E-state index >= 15 is 0 Å². The molecule has 0 fully saturated rings. The van der Waals surface area contributed by atoms with E-state index < -0.39 is 13.0 Å². The lowest BCUT2D eigenvalue weighted by Crippen LogP contribution is -2.12. The Morgan fingerprint density at radius 3 is 2.82 bits per heavy atom. The summed E-state index contributed by atoms with van der Waals surface area (Å²) >= 11 is 5.78. The second-order valence-corrected chi connectivity index (χ2v) is 8.82. The van der Waals surface area contributed by atoms with Crippen LogP contribution < -0.4 is 5.44 Å². The van der Waals surface area contributed by atoms with Crippen molar-refractivity contribution >= 4 is 35.2 Å². The lowest BCUT2D eigenvalue weighted by Gasteiger charge is -2.09. The minimum atomic E-state index is -2.44. The molecule has 114 valence electrons. The van der Waals surface area contributed by atoms with E-state index in [0.29, 0.717) is 28.7 Å². The second-order valence-electron chi connectivity index (χ2n) is 5.32. The van der Waals surface area contributed by atoms with Gasteiger partial charge in [-0.2, -0.15) is 4.98 Å². The molecule has 3 aromatic rings. The summed E-state index contributed by atoms with van der Waals surface area (Å²) in [7, 11) is -2.44. The van der Waals surface area contributed by atoms with E-state index in [0.717, 1.165) is 0 Å². The molecule has 3 heterocycles. The highest BCUT2D eigenvalue weighted by molar-refractivity contribution is 7.69. The first-order valence-corrected chi connectivity index (χ1v) is 9.51. The molecule has 8 heteroatoms. The van der Waals surface area contributed by atoms with Crippen LogP contribution in [0.3, 0.4) is 0 Å². The lowest BCUT2D eigenvalue weighted by atomic mass is 10.3. The number of hydrogen-bond donors (Lipinski definition) is 0. The Balaban J connectivity index is 2.04. The van der Waals surface area contributed by atoms with Crippen molar-refractivity contribution in [2.45, 2.75) is 6.54 Å². The fourth-order valence-electron chi connectivity index (χ4n) is 2.16. The van der Waals surface area contributed by atoms with Crippen LogP contribution in [0.15, 0.2) is 30.6 Å². The van der Waals surface area contributed by atoms with Crippen molar-refractivity contribution < 1.29 is 8.96 Å². The Labute approximate surface area is 131 Å². The van der Waals surface area contributed by atoms with E-state index in [1.54, 1.807) is 36.1 Å². The average Bonchev–Trinajstić information content (AvgIpc) is 2.74. The van der Waals surface area contributed by atoms with Gasteiger partial charge < -0.3 is 9.13 Å². The van der Waals surface area contributed by atoms with Crippen LogP contribution in [0, 0.1) is 5.82 Å². The molecule has 0 aliphatic rings. The highest BCUT2D eigenvalue weighted by Crippen LogP contribution is 2.33. The van der Waals surface area contributed by atoms with Gasteiger partial charge in [0.15, 0.2) is 5.82 Å². The second kappa shape index (κ2) is 5.45. The van der Waals surface area contributed by atoms with Crippen LogP contribution in [0.25, 0.3) is 11.0 Å². The number of aromatic nitrogens is 4. The Bertz CT molecular complexity index is 905. The first kappa shape index (κ1) is 15.1. The van der Waals surface area contributed by atoms with Crippen molar-refractivity contribution in [1.29, 1.82) is 0 Å². The summed E-state index contributed by atoms with van der Waals surface area (Å²) in [6.45, 7) is 3.63. The van der Waals surface area contributed by atoms with E-state index in [-0.39, 0.29) is 5.28 Å². The lowest BCUT2D eigenvalue weighted by molar-refractivity contribution is 0.587. The van der Waals surface area contributed by atoms with Gasteiger partial charge in [-0.15, -0.1) is 0 Å². The van der Waals surface area contributed by atoms with Gasteiger partial charge >= 0.3 is 0 Å². The molecule has 0 amide bonds. The Morgan fingerprint density at radius 1 is 1.32 bits per heavy atom. The summed E-state index contributed by atoms with van der Waals surface area (Å²) in [5.41, 5.74) is 1.63. The van der Waals surface area contributed by atoms with Crippen LogP contribution in [-0.4, -0.2) is 32.8 Å². The number of hydrogen-bond acceptors (Lipinski definition) is 4. The molecule has 0 aliphatic carbocycles. The predicted octanol–water partition coefficient (Wildman–Crippen LogP) is 2.92. The maximum atomic E-state index is 13.9. The summed E-state index contributed by atoms with van der Waals surface area (Å²) in [6, 6.07) is 5.32. The predicted molar refractivity (Wildman–Crippen MR) is 84.9 cm³/mol. The van der Waals surface area contributed by atoms with Gasteiger partial charge in [-0.3, -0.25) is 0 Å². The molecule has 5 nitrogen and oxygen atoms in total. The van der Waals surface area contributed by atoms with Gasteiger partial charge in [0.1, 0.15) is 12.8 Å². The number of rotatable bonds is 3. The molecule has 3 aromatic heterocycles. The third kappa shape index (κ3) is 2.89. The van der Waals surface area contributed by atoms with Crippen LogP contribution in [0.4, 0.5) is 4.39 Å². The Morgan fingerprint density at radius 2 is 2.09 bits per heavy atom. The molecule has 22 heavy (non-hydrogen) atoms. The minimum Gasteiger partial charge on any atom is -0.323 e. The number of fused-ring (bicyclic) bond motifs is 1. The van der Waals surface area contributed by atoms with E-state index in [1.165, 1.54) is 12.4 Å². The minimum absolute atomic E-state index is 0.0557. The van der Waals surface area contributed by atoms with Crippen LogP contribution in [0.1, 0.15) is 5.69 Å². The maximum Gasteiger partial charge on any atom is 0.224 e. The molecule has 0 atom stereocenters. The number of halogens is 2. The molecule has 0 aliphatic heterocycles. The van der Waals surface area contributed by atoms with Gasteiger partial charge in [0.2, 0.25) is 5.28 Å². The molecule has 0 radical (unpaired) electrons. The summed E-state index contributed by atoms with van der Waals surface area (Å²) in [5.74, 6) is -0.417. The largest absolute Gasteiger partial charge is 0.323 e. The fraction of sp³-hybridized carbons (Fsp3) is 0.214. The van der Waals surface area contributed by atoms with E-state index in [4.69, 9.17) is 11.6 Å². The van der Waals surface area contributed by atoms with Crippen LogP contribution in [0.5, 0.6) is 0 Å². The molecule has 0 unspecified atom stereocenters. The monoisotopic (exact) mass is 338 g/mol. The topological polar surface area (TPSA) is 60.7 Å². The molecular formula is C14H13ClFN4OP. The third-order valence-corrected chi connectivity index (χ3v) is 4.75. The van der Waals surface area contributed by atoms with Gasteiger partial charge in [0.05, 0.1) is 23.1 Å². The van der Waals surface area contributed by atoms with Crippen molar-refractivity contribution in [3.63, 3.8) is 0 Å². The van der Waals surface area contributed by atoms with Crippen molar-refractivity contribution in [2.24, 2.45) is 0 Å². The van der Waals surface area contributed by atoms with Gasteiger partial charge in [-0.1, -0.05) is 6.07 Å². The first-order chi connectivity index (χ1) is 10.3. The molecule has 0 spiro atoms. The Kier molecular flexibility index (Phi) is 3.75. The molecule has 0 saturated carbocycles. The van der Waals surface area contributed by atoms with E-state index in [1.807, 2.05) is 0 Å². The zero-order valence-corrected chi connectivity index (χ0v) is 13.6. The highest BCUT2D eigenvalue weighted by atomic mass is 35.5. The molecule has 3 rings (SSSR count). The van der Waals surface area contributed by atoms with Crippen molar-refractivity contribution in [1.82, 2.24) is 19.5 Å². The third-order valence-electron chi connectivity index (χ3n) is 3.21. The zero-order valence-electron chi connectivity index (χ0n) is 12.0. The van der Waals surface area contributed by atoms with Gasteiger partial charge in [0, 0.05) is 12.4 Å². The summed E-state index contributed by atoms with van der Waals surface area (Å²) < 4.78 is 27.6. The van der Waals surface area contributed by atoms with Crippen LogP contribution in [0.2, 0.25) is 5.28 Å². The zero-order chi connectivity index (χ0) is 15.9. The maximum absolute atomic E-state index is 13.9. The van der Waals surface area contributed by atoms with Crippen LogP contribution in [-0.2, 0) is 11.1 Å². The fourth-order valence-corrected chi connectivity index (χ4v) is 3.10. The standard InChI is InChI=1S/C14H13ClFN4OP/c1-22(2,21)12-5-3-4-9(18-12)7-20-8-11(16)10-6-17-14(15)19-13(10)20/h3-6,8H,7H2,1-2H3. The van der Waals surface area contributed by atoms with Crippen molar-refractivity contribution in [3.8, 4) is 0 Å². The molecule has 0 saturated heterocycles. The molecule has 0 aromatic carbocycles. The molecular weight excluding hydrogens is 326 g/mol. The van der Waals surface area contributed by atoms with Crippen LogP contribution >= 0.6 is 18.7 Å². The summed E-state index contributed by atoms with van der Waals surface area (Å²) in [5, 5.41) is 0.359. The normalized spacial score (nSPS) is 12.0. The quantitative estimate of drug-likeness (QED) is 0.544.